The van der Waals surface area contributed by atoms with Crippen molar-refractivity contribution in [2.45, 2.75) is 6.42 Å². The van der Waals surface area contributed by atoms with Crippen molar-refractivity contribution < 1.29 is 0 Å². The molecule has 4 rings (SSSR count). The molecule has 0 N–H and O–H groups in total. The van der Waals surface area contributed by atoms with Crippen molar-refractivity contribution in [1.29, 1.82) is 0 Å². The maximum absolute atomic E-state index is 2.36. The third-order valence-corrected chi connectivity index (χ3v) is 3.32. The van der Waals surface area contributed by atoms with Crippen molar-refractivity contribution in [3.8, 4) is 0 Å². The Morgan fingerprint density at radius 1 is 1.06 bits per heavy atom. The van der Waals surface area contributed by atoms with E-state index < -0.39 is 0 Å². The van der Waals surface area contributed by atoms with Gasteiger partial charge in [-0.25, -0.2) is 0 Å². The second-order valence-electron chi connectivity index (χ2n) is 4.29. The lowest BCUT2D eigenvalue weighted by Crippen LogP contribution is -2.11. The van der Waals surface area contributed by atoms with Gasteiger partial charge in [-0.3, -0.25) is 0 Å². The van der Waals surface area contributed by atoms with Crippen molar-refractivity contribution in [2.24, 2.45) is 0 Å². The van der Waals surface area contributed by atoms with Crippen LogP contribution in [0.15, 0.2) is 42.5 Å². The molecule has 1 aromatic carbocycles. The van der Waals surface area contributed by atoms with E-state index in [1.54, 1.807) is 0 Å². The highest BCUT2D eigenvalue weighted by Crippen LogP contribution is 2.21. The molecule has 0 amide bonds. The second kappa shape index (κ2) is 2.76. The lowest BCUT2D eigenvalue weighted by molar-refractivity contribution is 1.20. The summed E-state index contributed by atoms with van der Waals surface area (Å²) < 4.78 is 2.36. The van der Waals surface area contributed by atoms with Gasteiger partial charge in [-0.2, -0.15) is 0 Å². The first-order valence-corrected chi connectivity index (χ1v) is 5.63. The molecule has 0 saturated heterocycles. The topological polar surface area (TPSA) is 4.41 Å². The third kappa shape index (κ3) is 0.904. The van der Waals surface area contributed by atoms with E-state index in [1.165, 1.54) is 27.3 Å². The van der Waals surface area contributed by atoms with Gasteiger partial charge in [0, 0.05) is 16.3 Å². The summed E-state index contributed by atoms with van der Waals surface area (Å²) in [7, 11) is 0. The van der Waals surface area contributed by atoms with Crippen LogP contribution in [-0.4, -0.2) is 4.40 Å². The van der Waals surface area contributed by atoms with Gasteiger partial charge in [0.05, 0.1) is 5.52 Å². The van der Waals surface area contributed by atoms with E-state index in [4.69, 9.17) is 0 Å². The second-order valence-corrected chi connectivity index (χ2v) is 4.29. The maximum Gasteiger partial charge on any atom is 0.0534 e. The van der Waals surface area contributed by atoms with E-state index in [0.717, 1.165) is 6.42 Å². The number of nitrogens with zero attached hydrogens (tertiary/aromatic N) is 1. The molecule has 3 aromatic rings. The fourth-order valence-corrected chi connectivity index (χ4v) is 2.63. The number of allylic oxidation sites excluding steroid dienone is 1. The molecular formula is C15H11N. The minimum atomic E-state index is 1.04. The Morgan fingerprint density at radius 3 is 3.00 bits per heavy atom. The van der Waals surface area contributed by atoms with Crippen LogP contribution in [0.5, 0.6) is 0 Å². The molecule has 0 aliphatic heterocycles. The highest BCUT2D eigenvalue weighted by Gasteiger charge is 2.08. The van der Waals surface area contributed by atoms with Crippen molar-refractivity contribution in [1.82, 2.24) is 4.40 Å². The average Bonchev–Trinajstić information content (AvgIpc) is 2.83. The van der Waals surface area contributed by atoms with Gasteiger partial charge in [-0.05, 0) is 30.2 Å². The van der Waals surface area contributed by atoms with Crippen LogP contribution < -0.4 is 5.35 Å². The summed E-state index contributed by atoms with van der Waals surface area (Å²) >= 11 is 0. The summed E-state index contributed by atoms with van der Waals surface area (Å²) in [6.07, 6.45) is 7.77. The standard InChI is InChI=1S/C15H11N/c1-3-7-14-11(5-1)9-13-10-12-6-2-4-8-15(12)16(13)14/h1-3,5-10H,4H2. The molecule has 0 radical (unpaired) electrons. The van der Waals surface area contributed by atoms with Gasteiger partial charge in [0.2, 0.25) is 0 Å². The number of hydrogen-bond donors (Lipinski definition) is 0. The van der Waals surface area contributed by atoms with Gasteiger partial charge in [0.15, 0.2) is 0 Å². The molecule has 1 nitrogen and oxygen atoms in total. The number of fused-ring (bicyclic) bond motifs is 5. The Morgan fingerprint density at radius 2 is 2.00 bits per heavy atom. The lowest BCUT2D eigenvalue weighted by atomic mass is 10.1. The molecular weight excluding hydrogens is 194 g/mol. The van der Waals surface area contributed by atoms with Crippen molar-refractivity contribution in [3.05, 3.63) is 53.4 Å². The summed E-state index contributed by atoms with van der Waals surface area (Å²) in [5, 5.41) is 2.67. The molecule has 0 saturated carbocycles. The van der Waals surface area contributed by atoms with Crippen LogP contribution in [0.1, 0.15) is 12.0 Å². The van der Waals surface area contributed by atoms with Crippen LogP contribution in [0.3, 0.4) is 0 Å². The lowest BCUT2D eigenvalue weighted by Gasteiger charge is -1.98. The van der Waals surface area contributed by atoms with Crippen LogP contribution in [-0.2, 0) is 0 Å². The first-order chi connectivity index (χ1) is 7.93. The van der Waals surface area contributed by atoms with Crippen molar-refractivity contribution in [2.75, 3.05) is 0 Å². The highest BCUT2D eigenvalue weighted by atomic mass is 14.9. The Balaban J connectivity index is 2.32. The summed E-state index contributed by atoms with van der Waals surface area (Å²) in [6.45, 7) is 0. The molecule has 0 spiro atoms. The van der Waals surface area contributed by atoms with E-state index in [-0.39, 0.29) is 0 Å². The smallest absolute Gasteiger partial charge is 0.0534 e. The van der Waals surface area contributed by atoms with Gasteiger partial charge in [0.25, 0.3) is 0 Å². The van der Waals surface area contributed by atoms with Crippen LogP contribution in [0.2, 0.25) is 0 Å². The van der Waals surface area contributed by atoms with Crippen molar-refractivity contribution >= 4 is 28.6 Å². The molecule has 0 unspecified atom stereocenters. The van der Waals surface area contributed by atoms with Gasteiger partial charge in [0.1, 0.15) is 0 Å². The van der Waals surface area contributed by atoms with Gasteiger partial charge >= 0.3 is 0 Å². The summed E-state index contributed by atoms with van der Waals surface area (Å²) in [5.41, 5.74) is 3.95. The van der Waals surface area contributed by atoms with Crippen molar-refractivity contribution in [3.63, 3.8) is 0 Å². The maximum atomic E-state index is 2.36. The minimum Gasteiger partial charge on any atom is -0.310 e. The Labute approximate surface area is 93.3 Å². The zero-order valence-corrected chi connectivity index (χ0v) is 8.85. The predicted molar refractivity (Wildman–Crippen MR) is 68.2 cm³/mol. The van der Waals surface area contributed by atoms with E-state index >= 15 is 0 Å². The van der Waals surface area contributed by atoms with Gasteiger partial charge < -0.3 is 4.40 Å². The SMILES string of the molecule is C1=Cc2cc3cc4ccccc4n3c2=CC1. The normalized spacial score (nSPS) is 14.2. The van der Waals surface area contributed by atoms with Gasteiger partial charge in [-0.1, -0.05) is 36.4 Å². The van der Waals surface area contributed by atoms with Crippen LogP contribution in [0.4, 0.5) is 0 Å². The first kappa shape index (κ1) is 8.17. The number of hydrogen-bond acceptors (Lipinski definition) is 0. The van der Waals surface area contributed by atoms with Gasteiger partial charge in [-0.15, -0.1) is 0 Å². The molecule has 2 heterocycles. The molecule has 1 heteroatoms. The van der Waals surface area contributed by atoms with Crippen LogP contribution >= 0.6 is 0 Å². The van der Waals surface area contributed by atoms with E-state index in [9.17, 15) is 0 Å². The zero-order valence-electron chi connectivity index (χ0n) is 8.85. The molecule has 1 aliphatic rings. The van der Waals surface area contributed by atoms with E-state index in [1.807, 2.05) is 0 Å². The molecule has 76 valence electrons. The summed E-state index contributed by atoms with van der Waals surface area (Å²) in [6, 6.07) is 13.1. The molecule has 0 bridgehead atoms. The average molecular weight is 205 g/mol. The minimum absolute atomic E-state index is 1.04. The zero-order chi connectivity index (χ0) is 10.5. The van der Waals surface area contributed by atoms with Crippen LogP contribution in [0.25, 0.3) is 28.6 Å². The van der Waals surface area contributed by atoms with E-state index in [0.29, 0.717) is 0 Å². The first-order valence-electron chi connectivity index (χ1n) is 5.63. The number of para-hydroxylation sites is 1. The molecule has 0 fully saturated rings. The predicted octanol–water partition coefficient (Wildman–Crippen LogP) is 3.01. The molecule has 2 aromatic heterocycles. The fraction of sp³-hybridized carbons (Fsp3) is 0.0667. The van der Waals surface area contributed by atoms with E-state index in [2.05, 4.69) is 59.0 Å². The third-order valence-electron chi connectivity index (χ3n) is 3.32. The number of aromatic nitrogens is 1. The number of benzene rings is 1. The molecule has 0 atom stereocenters. The van der Waals surface area contributed by atoms with Crippen LogP contribution in [0, 0.1) is 0 Å². The fourth-order valence-electron chi connectivity index (χ4n) is 2.63. The summed E-state index contributed by atoms with van der Waals surface area (Å²) in [5.74, 6) is 0. The molecule has 1 aliphatic carbocycles. The Bertz CT molecular complexity index is 775. The monoisotopic (exact) mass is 205 g/mol. The largest absolute Gasteiger partial charge is 0.310 e. The Hall–Kier alpha value is -2.02. The Kier molecular flexibility index (Phi) is 1.41. The highest BCUT2D eigenvalue weighted by molar-refractivity contribution is 5.88. The quantitative estimate of drug-likeness (QED) is 0.531. The number of rotatable bonds is 0. The molecule has 16 heavy (non-hydrogen) atoms. The summed E-state index contributed by atoms with van der Waals surface area (Å²) in [4.78, 5) is 0.